The molecule has 0 bridgehead atoms. The first kappa shape index (κ1) is 10.5. The number of hydrogen-bond donors (Lipinski definition) is 0. The zero-order chi connectivity index (χ0) is 9.90. The Kier molecular flexibility index (Phi) is 3.27. The number of hydrogen-bond acceptors (Lipinski definition) is 2. The third kappa shape index (κ3) is 2.67. The monoisotopic (exact) mass is 260 g/mol. The lowest BCUT2D eigenvalue weighted by molar-refractivity contribution is 0.604. The molecule has 0 aliphatic carbocycles. The van der Waals surface area contributed by atoms with Crippen molar-refractivity contribution in [2.75, 3.05) is 0 Å². The second kappa shape index (κ2) is 4.07. The first-order chi connectivity index (χ1) is 6.06. The molecule has 70 valence electrons. The summed E-state index contributed by atoms with van der Waals surface area (Å²) < 4.78 is 22.9. The Morgan fingerprint density at radius 1 is 1.23 bits per heavy atom. The molecule has 2 nitrogen and oxygen atoms in total. The Hall–Kier alpha value is -0.610. The van der Waals surface area contributed by atoms with E-state index in [4.69, 9.17) is 0 Å². The van der Waals surface area contributed by atoms with E-state index < -0.39 is 9.84 Å². The van der Waals surface area contributed by atoms with Gasteiger partial charge >= 0.3 is 0 Å². The van der Waals surface area contributed by atoms with Gasteiger partial charge in [-0.05, 0) is 24.0 Å². The molecule has 0 fully saturated rings. The predicted octanol–water partition coefficient (Wildman–Crippen LogP) is 2.63. The van der Waals surface area contributed by atoms with Crippen molar-refractivity contribution in [3.05, 3.63) is 40.2 Å². The van der Waals surface area contributed by atoms with Gasteiger partial charge in [0.1, 0.15) is 0 Å². The molecule has 0 aliphatic heterocycles. The van der Waals surface area contributed by atoms with Crippen LogP contribution in [0.3, 0.4) is 0 Å². The van der Waals surface area contributed by atoms with Crippen LogP contribution in [-0.2, 0) is 9.84 Å². The van der Waals surface area contributed by atoms with Gasteiger partial charge in [-0.3, -0.25) is 0 Å². The van der Waals surface area contributed by atoms with Crippen LogP contribution in [0.1, 0.15) is 5.56 Å². The van der Waals surface area contributed by atoms with E-state index in [0.29, 0.717) is 4.90 Å². The summed E-state index contributed by atoms with van der Waals surface area (Å²) in [5.74, 6) is 0. The zero-order valence-electron chi connectivity index (χ0n) is 7.07. The van der Waals surface area contributed by atoms with Crippen LogP contribution in [0.4, 0.5) is 0 Å². The zero-order valence-corrected chi connectivity index (χ0v) is 9.47. The molecule has 1 aromatic rings. The van der Waals surface area contributed by atoms with Crippen LogP contribution in [0.5, 0.6) is 0 Å². The normalized spacial score (nSPS) is 12.2. The molecular formula is C9H9BrO2S. The second-order valence-electron chi connectivity index (χ2n) is 2.62. The maximum Gasteiger partial charge on any atom is 0.200 e. The van der Waals surface area contributed by atoms with Crippen molar-refractivity contribution in [1.29, 1.82) is 0 Å². The van der Waals surface area contributed by atoms with Crippen LogP contribution in [0, 0.1) is 6.92 Å². The minimum Gasteiger partial charge on any atom is -0.219 e. The molecule has 0 atom stereocenters. The summed E-state index contributed by atoms with van der Waals surface area (Å²) >= 11 is 2.94. The maximum absolute atomic E-state index is 11.4. The lowest BCUT2D eigenvalue weighted by Gasteiger charge is -1.98. The lowest BCUT2D eigenvalue weighted by Crippen LogP contribution is -1.95. The molecule has 0 aromatic heterocycles. The van der Waals surface area contributed by atoms with E-state index in [0.717, 1.165) is 11.0 Å². The summed E-state index contributed by atoms with van der Waals surface area (Å²) in [5.41, 5.74) is 1.04. The average molecular weight is 261 g/mol. The smallest absolute Gasteiger partial charge is 0.200 e. The molecule has 0 saturated carbocycles. The summed E-state index contributed by atoms with van der Waals surface area (Å²) in [6.07, 6.45) is 0. The predicted molar refractivity (Wildman–Crippen MR) is 56.4 cm³/mol. The fraction of sp³-hybridized carbons (Fsp3) is 0.111. The van der Waals surface area contributed by atoms with E-state index in [1.165, 1.54) is 4.99 Å². The van der Waals surface area contributed by atoms with Gasteiger partial charge in [0.2, 0.25) is 0 Å². The molecule has 13 heavy (non-hydrogen) atoms. The number of rotatable bonds is 2. The van der Waals surface area contributed by atoms with Crippen molar-refractivity contribution < 1.29 is 8.42 Å². The Labute approximate surface area is 86.3 Å². The molecule has 0 saturated heterocycles. The van der Waals surface area contributed by atoms with Crippen LogP contribution in [0.2, 0.25) is 0 Å². The molecule has 0 aliphatic rings. The average Bonchev–Trinajstić information content (AvgIpc) is 2.05. The van der Waals surface area contributed by atoms with E-state index in [2.05, 4.69) is 15.9 Å². The Balaban J connectivity index is 3.17. The quantitative estimate of drug-likeness (QED) is 0.820. The highest BCUT2D eigenvalue weighted by atomic mass is 79.9. The summed E-state index contributed by atoms with van der Waals surface area (Å²) in [6.45, 7) is 1.91. The standard InChI is InChI=1S/C9H9BrO2S/c1-8-2-4-9(5-3-8)13(11,12)7-6-10/h2-7H,1H3/b7-6-. The summed E-state index contributed by atoms with van der Waals surface area (Å²) in [7, 11) is -3.25. The number of benzene rings is 1. The van der Waals surface area contributed by atoms with Gasteiger partial charge < -0.3 is 0 Å². The van der Waals surface area contributed by atoms with Crippen LogP contribution >= 0.6 is 15.9 Å². The van der Waals surface area contributed by atoms with Crippen molar-refractivity contribution in [2.45, 2.75) is 11.8 Å². The molecule has 0 N–H and O–H groups in total. The van der Waals surface area contributed by atoms with E-state index in [9.17, 15) is 8.42 Å². The topological polar surface area (TPSA) is 34.1 Å². The summed E-state index contributed by atoms with van der Waals surface area (Å²) in [6, 6.07) is 6.74. The molecule has 4 heteroatoms. The first-order valence-electron chi connectivity index (χ1n) is 3.65. The third-order valence-corrected chi connectivity index (χ3v) is 3.62. The van der Waals surface area contributed by atoms with E-state index in [1.807, 2.05) is 6.92 Å². The summed E-state index contributed by atoms with van der Waals surface area (Å²) in [4.78, 5) is 1.65. The molecule has 0 radical (unpaired) electrons. The Morgan fingerprint density at radius 3 is 2.23 bits per heavy atom. The molecule has 0 unspecified atom stereocenters. The van der Waals surface area contributed by atoms with Gasteiger partial charge in [-0.2, -0.15) is 0 Å². The van der Waals surface area contributed by atoms with Crippen LogP contribution in [0.25, 0.3) is 0 Å². The van der Waals surface area contributed by atoms with Crippen LogP contribution in [0.15, 0.2) is 39.6 Å². The maximum atomic E-state index is 11.4. The number of halogens is 1. The molecule has 0 spiro atoms. The largest absolute Gasteiger partial charge is 0.219 e. The van der Waals surface area contributed by atoms with Crippen molar-refractivity contribution in [2.24, 2.45) is 0 Å². The van der Waals surface area contributed by atoms with Crippen molar-refractivity contribution in [3.63, 3.8) is 0 Å². The van der Waals surface area contributed by atoms with Crippen molar-refractivity contribution >= 4 is 25.8 Å². The van der Waals surface area contributed by atoms with Gasteiger partial charge in [0.25, 0.3) is 0 Å². The second-order valence-corrected chi connectivity index (χ2v) is 4.98. The highest BCUT2D eigenvalue weighted by Crippen LogP contribution is 2.13. The lowest BCUT2D eigenvalue weighted by atomic mass is 10.2. The summed E-state index contributed by atoms with van der Waals surface area (Å²) in [5, 5.41) is 1.12. The minimum atomic E-state index is -3.25. The number of sulfone groups is 1. The van der Waals surface area contributed by atoms with Gasteiger partial charge in [0.05, 0.1) is 4.90 Å². The van der Waals surface area contributed by atoms with Crippen molar-refractivity contribution in [3.8, 4) is 0 Å². The molecule has 1 rings (SSSR count). The minimum absolute atomic E-state index is 0.314. The van der Waals surface area contributed by atoms with Gasteiger partial charge in [0.15, 0.2) is 9.84 Å². The highest BCUT2D eigenvalue weighted by Gasteiger charge is 2.08. The van der Waals surface area contributed by atoms with Crippen LogP contribution < -0.4 is 0 Å². The number of aryl methyl sites for hydroxylation is 1. The molecule has 0 amide bonds. The van der Waals surface area contributed by atoms with E-state index >= 15 is 0 Å². The van der Waals surface area contributed by atoms with Crippen LogP contribution in [-0.4, -0.2) is 8.42 Å². The van der Waals surface area contributed by atoms with Gasteiger partial charge in [-0.1, -0.05) is 33.6 Å². The SMILES string of the molecule is Cc1ccc(S(=O)(=O)/C=C\Br)cc1. The first-order valence-corrected chi connectivity index (χ1v) is 6.11. The molecule has 1 aromatic carbocycles. The highest BCUT2D eigenvalue weighted by molar-refractivity contribution is 9.11. The van der Waals surface area contributed by atoms with Crippen molar-refractivity contribution in [1.82, 2.24) is 0 Å². The Bertz CT molecular complexity index is 404. The third-order valence-electron chi connectivity index (χ3n) is 1.58. The van der Waals surface area contributed by atoms with E-state index in [1.54, 1.807) is 24.3 Å². The molecule has 0 heterocycles. The fourth-order valence-electron chi connectivity index (χ4n) is 0.874. The van der Waals surface area contributed by atoms with Gasteiger partial charge in [-0.25, -0.2) is 8.42 Å². The molecular weight excluding hydrogens is 252 g/mol. The fourth-order valence-corrected chi connectivity index (χ4v) is 2.53. The Morgan fingerprint density at radius 2 is 1.77 bits per heavy atom. The van der Waals surface area contributed by atoms with Gasteiger partial charge in [-0.15, -0.1) is 0 Å². The van der Waals surface area contributed by atoms with E-state index in [-0.39, 0.29) is 0 Å². The van der Waals surface area contributed by atoms with Gasteiger partial charge in [0, 0.05) is 5.41 Å².